The van der Waals surface area contributed by atoms with E-state index in [2.05, 4.69) is 5.32 Å². The normalized spacial score (nSPS) is 11.4. The molecule has 0 atom stereocenters. The Labute approximate surface area is 161 Å². The predicted molar refractivity (Wildman–Crippen MR) is 108 cm³/mol. The first-order valence-electron chi connectivity index (χ1n) is 8.86. The van der Waals surface area contributed by atoms with E-state index in [9.17, 15) is 13.2 Å². The molecular weight excluding hydrogens is 362 g/mol. The van der Waals surface area contributed by atoms with Gasteiger partial charge in [0.25, 0.3) is 10.0 Å². The Balaban J connectivity index is 2.20. The van der Waals surface area contributed by atoms with Crippen molar-refractivity contribution in [1.82, 2.24) is 10.2 Å². The lowest BCUT2D eigenvalue weighted by Gasteiger charge is -2.24. The molecule has 0 saturated carbocycles. The molecule has 146 valence electrons. The van der Waals surface area contributed by atoms with Gasteiger partial charge in [0, 0.05) is 6.54 Å². The molecule has 0 bridgehead atoms. The quantitative estimate of drug-likeness (QED) is 0.668. The minimum absolute atomic E-state index is 0.164. The summed E-state index contributed by atoms with van der Waals surface area (Å²) in [7, 11) is 0.0851. The SMILES string of the molecule is Cc1ccc(S(=O)(=O)N(CC(=O)NCCCN(C)C)c2ccccc2)cc1. The first-order valence-corrected chi connectivity index (χ1v) is 10.3. The van der Waals surface area contributed by atoms with Gasteiger partial charge in [0.1, 0.15) is 6.54 Å². The lowest BCUT2D eigenvalue weighted by atomic mass is 10.2. The Kier molecular flexibility index (Phi) is 7.38. The van der Waals surface area contributed by atoms with Crippen molar-refractivity contribution in [2.24, 2.45) is 0 Å². The van der Waals surface area contributed by atoms with Gasteiger partial charge in [-0.05, 0) is 58.3 Å². The molecule has 0 spiro atoms. The molecule has 0 aromatic heterocycles. The van der Waals surface area contributed by atoms with Gasteiger partial charge in [-0.3, -0.25) is 9.10 Å². The second kappa shape index (κ2) is 9.53. The van der Waals surface area contributed by atoms with Gasteiger partial charge in [-0.25, -0.2) is 8.42 Å². The summed E-state index contributed by atoms with van der Waals surface area (Å²) < 4.78 is 27.4. The number of rotatable bonds is 9. The van der Waals surface area contributed by atoms with Crippen LogP contribution in [0.25, 0.3) is 0 Å². The van der Waals surface area contributed by atoms with Gasteiger partial charge in [-0.15, -0.1) is 0 Å². The molecule has 1 N–H and O–H groups in total. The van der Waals surface area contributed by atoms with Gasteiger partial charge < -0.3 is 10.2 Å². The first kappa shape index (κ1) is 20.9. The highest BCUT2D eigenvalue weighted by Gasteiger charge is 2.26. The van der Waals surface area contributed by atoms with Crippen LogP contribution in [0, 0.1) is 6.92 Å². The second-order valence-corrected chi connectivity index (χ2v) is 8.53. The maximum atomic E-state index is 13.1. The van der Waals surface area contributed by atoms with Crippen LogP contribution >= 0.6 is 0 Å². The number of carbonyl (C=O) groups excluding carboxylic acids is 1. The summed E-state index contributed by atoms with van der Waals surface area (Å²) in [5, 5.41) is 2.80. The van der Waals surface area contributed by atoms with Crippen molar-refractivity contribution in [3.63, 3.8) is 0 Å². The summed E-state index contributed by atoms with van der Waals surface area (Å²) in [6, 6.07) is 15.3. The molecule has 0 saturated heterocycles. The largest absolute Gasteiger partial charge is 0.354 e. The van der Waals surface area contributed by atoms with Crippen LogP contribution < -0.4 is 9.62 Å². The molecule has 1 amide bonds. The number of amides is 1. The van der Waals surface area contributed by atoms with E-state index in [1.165, 1.54) is 0 Å². The van der Waals surface area contributed by atoms with Crippen LogP contribution in [0.5, 0.6) is 0 Å². The van der Waals surface area contributed by atoms with Gasteiger partial charge in [0.15, 0.2) is 0 Å². The topological polar surface area (TPSA) is 69.7 Å². The zero-order valence-electron chi connectivity index (χ0n) is 16.1. The summed E-state index contributed by atoms with van der Waals surface area (Å²) in [6.07, 6.45) is 0.800. The van der Waals surface area contributed by atoms with Crippen LogP contribution in [0.4, 0.5) is 5.69 Å². The second-order valence-electron chi connectivity index (χ2n) is 6.67. The van der Waals surface area contributed by atoms with E-state index in [0.717, 1.165) is 22.8 Å². The van der Waals surface area contributed by atoms with Gasteiger partial charge in [0.05, 0.1) is 10.6 Å². The van der Waals surface area contributed by atoms with E-state index in [4.69, 9.17) is 0 Å². The number of benzene rings is 2. The summed E-state index contributed by atoms with van der Waals surface area (Å²) >= 11 is 0. The van der Waals surface area contributed by atoms with E-state index >= 15 is 0 Å². The molecule has 6 nitrogen and oxygen atoms in total. The van der Waals surface area contributed by atoms with Gasteiger partial charge in [0.2, 0.25) is 5.91 Å². The minimum atomic E-state index is -3.85. The average molecular weight is 390 g/mol. The molecule has 7 heteroatoms. The van der Waals surface area contributed by atoms with Crippen molar-refractivity contribution in [2.75, 3.05) is 38.0 Å². The number of carbonyl (C=O) groups is 1. The fraction of sp³-hybridized carbons (Fsp3) is 0.350. The third-order valence-electron chi connectivity index (χ3n) is 4.04. The maximum absolute atomic E-state index is 13.1. The van der Waals surface area contributed by atoms with E-state index in [1.807, 2.05) is 32.0 Å². The van der Waals surface area contributed by atoms with Crippen molar-refractivity contribution >= 4 is 21.6 Å². The summed E-state index contributed by atoms with van der Waals surface area (Å²) in [4.78, 5) is 14.6. The number of nitrogens with zero attached hydrogens (tertiary/aromatic N) is 2. The van der Waals surface area contributed by atoms with E-state index < -0.39 is 10.0 Å². The standard InChI is InChI=1S/C20H27N3O3S/c1-17-10-12-19(13-11-17)27(25,26)23(18-8-5-4-6-9-18)16-20(24)21-14-7-15-22(2)3/h4-6,8-13H,7,14-16H2,1-3H3,(H,21,24). The number of sulfonamides is 1. The Hall–Kier alpha value is -2.38. The lowest BCUT2D eigenvalue weighted by Crippen LogP contribution is -2.41. The minimum Gasteiger partial charge on any atom is -0.354 e. The van der Waals surface area contributed by atoms with Crippen molar-refractivity contribution in [2.45, 2.75) is 18.2 Å². The first-order chi connectivity index (χ1) is 12.8. The molecule has 0 radical (unpaired) electrons. The van der Waals surface area contributed by atoms with Crippen molar-refractivity contribution in [3.05, 3.63) is 60.2 Å². The third-order valence-corrected chi connectivity index (χ3v) is 5.83. The van der Waals surface area contributed by atoms with Crippen LogP contribution in [-0.4, -0.2) is 53.0 Å². The van der Waals surface area contributed by atoms with Gasteiger partial charge in [-0.2, -0.15) is 0 Å². The molecule has 2 aromatic carbocycles. The molecule has 2 rings (SSSR count). The van der Waals surface area contributed by atoms with E-state index in [0.29, 0.717) is 12.2 Å². The number of nitrogens with one attached hydrogen (secondary N) is 1. The molecule has 2 aromatic rings. The summed E-state index contributed by atoms with van der Waals surface area (Å²) in [5.74, 6) is -0.326. The third kappa shape index (κ3) is 6.08. The fourth-order valence-electron chi connectivity index (χ4n) is 2.56. The summed E-state index contributed by atoms with van der Waals surface area (Å²) in [6.45, 7) is 2.99. The highest BCUT2D eigenvalue weighted by Crippen LogP contribution is 2.23. The summed E-state index contributed by atoms with van der Waals surface area (Å²) in [5.41, 5.74) is 1.43. The number of aryl methyl sites for hydroxylation is 1. The van der Waals surface area contributed by atoms with Crippen LogP contribution in [-0.2, 0) is 14.8 Å². The van der Waals surface area contributed by atoms with Crippen molar-refractivity contribution in [3.8, 4) is 0 Å². The van der Waals surface area contributed by atoms with Crippen molar-refractivity contribution in [1.29, 1.82) is 0 Å². The Bertz CT molecular complexity index is 835. The molecule has 0 aliphatic carbocycles. The molecule has 0 aliphatic rings. The molecular formula is C20H27N3O3S. The number of hydrogen-bond donors (Lipinski definition) is 1. The van der Waals surface area contributed by atoms with Crippen molar-refractivity contribution < 1.29 is 13.2 Å². The molecule has 0 aliphatic heterocycles. The molecule has 27 heavy (non-hydrogen) atoms. The number of hydrogen-bond acceptors (Lipinski definition) is 4. The monoisotopic (exact) mass is 389 g/mol. The molecule has 0 fully saturated rings. The molecule has 0 heterocycles. The fourth-order valence-corrected chi connectivity index (χ4v) is 3.98. The van der Waals surface area contributed by atoms with Crippen LogP contribution in [0.1, 0.15) is 12.0 Å². The van der Waals surface area contributed by atoms with E-state index in [-0.39, 0.29) is 17.3 Å². The van der Waals surface area contributed by atoms with Crippen LogP contribution in [0.15, 0.2) is 59.5 Å². The Morgan fingerprint density at radius 1 is 1.00 bits per heavy atom. The van der Waals surface area contributed by atoms with E-state index in [1.54, 1.807) is 48.5 Å². The van der Waals surface area contributed by atoms with Gasteiger partial charge >= 0.3 is 0 Å². The number of anilines is 1. The highest BCUT2D eigenvalue weighted by molar-refractivity contribution is 7.92. The van der Waals surface area contributed by atoms with Gasteiger partial charge in [-0.1, -0.05) is 35.9 Å². The molecule has 0 unspecified atom stereocenters. The highest BCUT2D eigenvalue weighted by atomic mass is 32.2. The predicted octanol–water partition coefficient (Wildman–Crippen LogP) is 2.26. The number of para-hydroxylation sites is 1. The Morgan fingerprint density at radius 2 is 1.63 bits per heavy atom. The lowest BCUT2D eigenvalue weighted by molar-refractivity contribution is -0.119. The maximum Gasteiger partial charge on any atom is 0.264 e. The Morgan fingerprint density at radius 3 is 2.22 bits per heavy atom. The zero-order valence-corrected chi connectivity index (χ0v) is 16.9. The zero-order chi connectivity index (χ0) is 19.9. The average Bonchev–Trinajstić information content (AvgIpc) is 2.64. The smallest absolute Gasteiger partial charge is 0.264 e. The van der Waals surface area contributed by atoms with Crippen LogP contribution in [0.2, 0.25) is 0 Å². The van der Waals surface area contributed by atoms with Crippen LogP contribution in [0.3, 0.4) is 0 Å².